The Morgan fingerprint density at radius 2 is 2.00 bits per heavy atom. The quantitative estimate of drug-likeness (QED) is 0.519. The maximum Gasteiger partial charge on any atom is 0.250 e. The molecule has 4 heterocycles. The van der Waals surface area contributed by atoms with Crippen LogP contribution in [0.25, 0.3) is 17.2 Å². The average molecular weight is 414 g/mol. The van der Waals surface area contributed by atoms with E-state index >= 15 is 0 Å². The molecule has 0 fully saturated rings. The number of amides is 1. The van der Waals surface area contributed by atoms with E-state index in [0.717, 1.165) is 36.2 Å². The SMILES string of the molecule is NC(=O)c1cccn2c(-c3nc(NCc4ccccc4)c4c(n3)OCCCC4)ncc12. The van der Waals surface area contributed by atoms with Gasteiger partial charge in [0.25, 0.3) is 5.91 Å². The number of hydrogen-bond acceptors (Lipinski definition) is 6. The second-order valence-electron chi connectivity index (χ2n) is 7.45. The molecule has 0 radical (unpaired) electrons. The molecule has 0 bridgehead atoms. The molecule has 0 spiro atoms. The van der Waals surface area contributed by atoms with Gasteiger partial charge >= 0.3 is 0 Å². The lowest BCUT2D eigenvalue weighted by Crippen LogP contribution is -2.12. The molecule has 3 N–H and O–H groups in total. The number of nitrogens with two attached hydrogens (primary N) is 1. The molecule has 0 saturated carbocycles. The fourth-order valence-electron chi connectivity index (χ4n) is 3.80. The number of hydrogen-bond donors (Lipinski definition) is 2. The van der Waals surface area contributed by atoms with Crippen molar-refractivity contribution in [2.45, 2.75) is 25.8 Å². The van der Waals surface area contributed by atoms with Gasteiger partial charge in [-0.05, 0) is 37.0 Å². The number of rotatable bonds is 5. The largest absolute Gasteiger partial charge is 0.477 e. The summed E-state index contributed by atoms with van der Waals surface area (Å²) in [6.07, 6.45) is 6.27. The number of pyridine rings is 1. The standard InChI is InChI=1S/C23H22N6O2/c24-19(30)16-10-6-11-29-18(16)14-26-22(29)21-27-20(25-13-15-7-2-1-3-8-15)17-9-4-5-12-31-23(17)28-21/h1-3,6-8,10-11,14H,4-5,9,12-13H2,(H2,24,30)(H,25,27,28). The van der Waals surface area contributed by atoms with Gasteiger partial charge in [0, 0.05) is 12.7 Å². The number of carbonyl (C=O) groups excluding carboxylic acids is 1. The third-order valence-corrected chi connectivity index (χ3v) is 5.37. The van der Waals surface area contributed by atoms with Crippen LogP contribution in [0, 0.1) is 0 Å². The first-order valence-electron chi connectivity index (χ1n) is 10.3. The minimum absolute atomic E-state index is 0.398. The van der Waals surface area contributed by atoms with E-state index < -0.39 is 5.91 Å². The van der Waals surface area contributed by atoms with E-state index in [1.807, 2.05) is 24.4 Å². The molecule has 1 aliphatic rings. The second kappa shape index (κ2) is 8.06. The van der Waals surface area contributed by atoms with Crippen molar-refractivity contribution in [3.8, 4) is 17.5 Å². The molecule has 0 aliphatic carbocycles. The molecule has 1 aromatic carbocycles. The summed E-state index contributed by atoms with van der Waals surface area (Å²) in [5, 5.41) is 3.45. The van der Waals surface area contributed by atoms with Crippen LogP contribution in [-0.4, -0.2) is 31.9 Å². The van der Waals surface area contributed by atoms with Crippen LogP contribution < -0.4 is 15.8 Å². The fraction of sp³-hybridized carbons (Fsp3) is 0.217. The molecule has 8 nitrogen and oxygen atoms in total. The van der Waals surface area contributed by atoms with Gasteiger partial charge in [-0.2, -0.15) is 4.98 Å². The predicted molar refractivity (Wildman–Crippen MR) is 117 cm³/mol. The Morgan fingerprint density at radius 1 is 1.13 bits per heavy atom. The summed E-state index contributed by atoms with van der Waals surface area (Å²) in [4.78, 5) is 25.8. The van der Waals surface area contributed by atoms with Crippen LogP contribution in [0.4, 0.5) is 5.82 Å². The number of ether oxygens (including phenoxy) is 1. The minimum Gasteiger partial charge on any atom is -0.477 e. The molecule has 8 heteroatoms. The predicted octanol–water partition coefficient (Wildman–Crippen LogP) is 3.22. The number of nitrogens with zero attached hydrogens (tertiary/aromatic N) is 4. The molecule has 4 aromatic rings. The number of carbonyl (C=O) groups is 1. The topological polar surface area (TPSA) is 107 Å². The molecular formula is C23H22N6O2. The van der Waals surface area contributed by atoms with Crippen molar-refractivity contribution < 1.29 is 9.53 Å². The number of primary amides is 1. The fourth-order valence-corrected chi connectivity index (χ4v) is 3.80. The van der Waals surface area contributed by atoms with E-state index in [1.165, 1.54) is 0 Å². The zero-order valence-electron chi connectivity index (χ0n) is 16.9. The maximum absolute atomic E-state index is 11.8. The molecule has 0 atom stereocenters. The van der Waals surface area contributed by atoms with Crippen LogP contribution >= 0.6 is 0 Å². The van der Waals surface area contributed by atoms with Crippen molar-refractivity contribution in [3.05, 3.63) is 71.5 Å². The number of fused-ring (bicyclic) bond motifs is 2. The molecule has 156 valence electrons. The summed E-state index contributed by atoms with van der Waals surface area (Å²) in [6.45, 7) is 1.26. The number of aromatic nitrogens is 4. The van der Waals surface area contributed by atoms with Crippen LogP contribution in [0.2, 0.25) is 0 Å². The smallest absolute Gasteiger partial charge is 0.250 e. The Balaban J connectivity index is 1.59. The molecule has 0 unspecified atom stereocenters. The molecule has 0 saturated heterocycles. The summed E-state index contributed by atoms with van der Waals surface area (Å²) in [6, 6.07) is 13.6. The van der Waals surface area contributed by atoms with Crippen molar-refractivity contribution in [2.75, 3.05) is 11.9 Å². The molecule has 3 aromatic heterocycles. The second-order valence-corrected chi connectivity index (χ2v) is 7.45. The van der Waals surface area contributed by atoms with Crippen molar-refractivity contribution in [3.63, 3.8) is 0 Å². The summed E-state index contributed by atoms with van der Waals surface area (Å²) in [5.41, 5.74) is 8.66. The Labute approximate surface area is 179 Å². The van der Waals surface area contributed by atoms with Crippen LogP contribution in [0.15, 0.2) is 54.9 Å². The van der Waals surface area contributed by atoms with Gasteiger partial charge in [-0.15, -0.1) is 0 Å². The Morgan fingerprint density at radius 3 is 2.84 bits per heavy atom. The van der Waals surface area contributed by atoms with E-state index in [-0.39, 0.29) is 0 Å². The summed E-state index contributed by atoms with van der Waals surface area (Å²) < 4.78 is 7.73. The van der Waals surface area contributed by atoms with Gasteiger partial charge in [0.2, 0.25) is 11.7 Å². The molecule has 1 amide bonds. The van der Waals surface area contributed by atoms with Crippen LogP contribution in [0.1, 0.15) is 34.3 Å². The summed E-state index contributed by atoms with van der Waals surface area (Å²) >= 11 is 0. The summed E-state index contributed by atoms with van der Waals surface area (Å²) in [5.74, 6) is 1.78. The van der Waals surface area contributed by atoms with Crippen molar-refractivity contribution in [1.82, 2.24) is 19.4 Å². The lowest BCUT2D eigenvalue weighted by molar-refractivity contribution is 0.100. The number of anilines is 1. The molecule has 5 rings (SSSR count). The number of imidazole rings is 1. The maximum atomic E-state index is 11.8. The first-order chi connectivity index (χ1) is 15.2. The Kier molecular flexibility index (Phi) is 4.95. The van der Waals surface area contributed by atoms with Crippen LogP contribution in [0.3, 0.4) is 0 Å². The highest BCUT2D eigenvalue weighted by Crippen LogP contribution is 2.31. The zero-order valence-corrected chi connectivity index (χ0v) is 16.9. The first-order valence-corrected chi connectivity index (χ1v) is 10.3. The Hall–Kier alpha value is -3.94. The monoisotopic (exact) mass is 414 g/mol. The van der Waals surface area contributed by atoms with E-state index in [2.05, 4.69) is 27.4 Å². The van der Waals surface area contributed by atoms with Crippen LogP contribution in [-0.2, 0) is 13.0 Å². The minimum atomic E-state index is -0.506. The number of benzene rings is 1. The van der Waals surface area contributed by atoms with E-state index in [1.54, 1.807) is 22.7 Å². The van der Waals surface area contributed by atoms with E-state index in [9.17, 15) is 4.79 Å². The highest BCUT2D eigenvalue weighted by molar-refractivity contribution is 5.99. The van der Waals surface area contributed by atoms with Gasteiger partial charge in [0.1, 0.15) is 5.82 Å². The average Bonchev–Trinajstić information content (AvgIpc) is 3.08. The van der Waals surface area contributed by atoms with Gasteiger partial charge < -0.3 is 15.8 Å². The lowest BCUT2D eigenvalue weighted by atomic mass is 10.1. The molecular weight excluding hydrogens is 392 g/mol. The lowest BCUT2D eigenvalue weighted by Gasteiger charge is -2.14. The first kappa shape index (κ1) is 19.0. The van der Waals surface area contributed by atoms with Gasteiger partial charge in [0.05, 0.1) is 29.4 Å². The van der Waals surface area contributed by atoms with E-state index in [4.69, 9.17) is 15.5 Å². The van der Waals surface area contributed by atoms with Gasteiger partial charge in [-0.25, -0.2) is 9.97 Å². The van der Waals surface area contributed by atoms with Gasteiger partial charge in [-0.1, -0.05) is 30.3 Å². The van der Waals surface area contributed by atoms with Crippen molar-refractivity contribution in [1.29, 1.82) is 0 Å². The van der Waals surface area contributed by atoms with Crippen molar-refractivity contribution >= 4 is 17.2 Å². The highest BCUT2D eigenvalue weighted by atomic mass is 16.5. The van der Waals surface area contributed by atoms with Gasteiger partial charge in [-0.3, -0.25) is 9.20 Å². The normalized spacial score (nSPS) is 13.3. The number of nitrogens with one attached hydrogen (secondary N) is 1. The van der Waals surface area contributed by atoms with Crippen molar-refractivity contribution in [2.24, 2.45) is 5.73 Å². The van der Waals surface area contributed by atoms with E-state index in [0.29, 0.717) is 41.8 Å². The highest BCUT2D eigenvalue weighted by Gasteiger charge is 2.21. The van der Waals surface area contributed by atoms with Crippen LogP contribution in [0.5, 0.6) is 5.88 Å². The molecule has 1 aliphatic heterocycles. The molecule has 31 heavy (non-hydrogen) atoms. The summed E-state index contributed by atoms with van der Waals surface area (Å²) in [7, 11) is 0. The third kappa shape index (κ3) is 3.68. The zero-order chi connectivity index (χ0) is 21.2. The Bertz CT molecular complexity index is 1250. The van der Waals surface area contributed by atoms with Gasteiger partial charge in [0.15, 0.2) is 5.82 Å². The third-order valence-electron chi connectivity index (χ3n) is 5.37.